The Morgan fingerprint density at radius 1 is 1.03 bits per heavy atom. The van der Waals surface area contributed by atoms with Crippen molar-refractivity contribution in [1.82, 2.24) is 9.13 Å². The fraction of sp³-hybridized carbons (Fsp3) is 0.227. The van der Waals surface area contributed by atoms with E-state index >= 15 is 0 Å². The van der Waals surface area contributed by atoms with Crippen LogP contribution in [0.2, 0.25) is 15.1 Å². The molecule has 0 aliphatic rings. The molecular weight excluding hydrogens is 461 g/mol. The molecule has 1 aromatic heterocycles. The SMILES string of the molecule is CC(C)n1c(=O)c(C=Nc2ccc(Cl)c(Cl)c2Cl)c(O)n(CCc2ccccc2)c1=O. The zero-order valence-electron chi connectivity index (χ0n) is 16.8. The zero-order chi connectivity index (χ0) is 22.7. The van der Waals surface area contributed by atoms with Crippen LogP contribution in [0, 0.1) is 0 Å². The van der Waals surface area contributed by atoms with Crippen LogP contribution in [-0.2, 0) is 13.0 Å². The standard InChI is InChI=1S/C22H20Cl3N3O3/c1-13(2)28-21(30)15(12-26-17-9-8-16(23)18(24)19(17)25)20(29)27(22(28)31)11-10-14-6-4-3-5-7-14/h3-9,12-13,29H,10-11H2,1-2H3. The van der Waals surface area contributed by atoms with Gasteiger partial charge in [0.05, 0.1) is 20.8 Å². The van der Waals surface area contributed by atoms with Gasteiger partial charge in [0.25, 0.3) is 5.56 Å². The highest BCUT2D eigenvalue weighted by molar-refractivity contribution is 6.49. The van der Waals surface area contributed by atoms with Crippen LogP contribution >= 0.6 is 34.8 Å². The van der Waals surface area contributed by atoms with Crippen LogP contribution in [0.25, 0.3) is 0 Å². The van der Waals surface area contributed by atoms with E-state index < -0.39 is 23.2 Å². The predicted molar refractivity (Wildman–Crippen MR) is 126 cm³/mol. The molecule has 0 atom stereocenters. The molecule has 6 nitrogen and oxygen atoms in total. The summed E-state index contributed by atoms with van der Waals surface area (Å²) in [5.74, 6) is -0.456. The van der Waals surface area contributed by atoms with Crippen molar-refractivity contribution >= 4 is 46.7 Å². The van der Waals surface area contributed by atoms with Crippen LogP contribution in [0.4, 0.5) is 5.69 Å². The molecule has 3 rings (SSSR count). The van der Waals surface area contributed by atoms with E-state index in [2.05, 4.69) is 4.99 Å². The summed E-state index contributed by atoms with van der Waals surface area (Å²) in [5, 5.41) is 11.3. The van der Waals surface area contributed by atoms with Crippen LogP contribution in [0.3, 0.4) is 0 Å². The van der Waals surface area contributed by atoms with Crippen molar-refractivity contribution in [3.05, 3.63) is 89.5 Å². The minimum absolute atomic E-state index is 0.117. The Hall–Kier alpha value is -2.54. The molecule has 0 unspecified atom stereocenters. The van der Waals surface area contributed by atoms with E-state index in [9.17, 15) is 14.7 Å². The number of aliphatic imine (C=N–C) groups is 1. The fourth-order valence-electron chi connectivity index (χ4n) is 3.08. The van der Waals surface area contributed by atoms with Crippen molar-refractivity contribution in [2.45, 2.75) is 32.9 Å². The van der Waals surface area contributed by atoms with Crippen molar-refractivity contribution in [2.75, 3.05) is 0 Å². The fourth-order valence-corrected chi connectivity index (χ4v) is 3.66. The number of rotatable bonds is 6. The first-order chi connectivity index (χ1) is 14.7. The van der Waals surface area contributed by atoms with Gasteiger partial charge in [-0.25, -0.2) is 4.79 Å². The summed E-state index contributed by atoms with van der Waals surface area (Å²) in [6, 6.07) is 12.2. The third kappa shape index (κ3) is 4.87. The molecule has 0 spiro atoms. The number of benzene rings is 2. The summed E-state index contributed by atoms with van der Waals surface area (Å²) < 4.78 is 2.26. The lowest BCUT2D eigenvalue weighted by atomic mass is 10.1. The average Bonchev–Trinajstić information content (AvgIpc) is 2.73. The molecule has 0 bridgehead atoms. The topological polar surface area (TPSA) is 76.6 Å². The Kier molecular flexibility index (Phi) is 7.26. The largest absolute Gasteiger partial charge is 0.494 e. The third-order valence-corrected chi connectivity index (χ3v) is 6.00. The Balaban J connectivity index is 2.09. The van der Waals surface area contributed by atoms with Crippen molar-refractivity contribution < 1.29 is 5.11 Å². The number of aryl methyl sites for hydroxylation is 1. The molecule has 1 heterocycles. The summed E-state index contributed by atoms with van der Waals surface area (Å²) in [6.07, 6.45) is 1.68. The summed E-state index contributed by atoms with van der Waals surface area (Å²) in [6.45, 7) is 3.63. The molecule has 2 aromatic carbocycles. The second-order valence-corrected chi connectivity index (χ2v) is 8.29. The number of hydrogen-bond donors (Lipinski definition) is 1. The van der Waals surface area contributed by atoms with E-state index in [0.717, 1.165) is 10.1 Å². The lowest BCUT2D eigenvalue weighted by Gasteiger charge is -2.16. The van der Waals surface area contributed by atoms with Crippen molar-refractivity contribution in [1.29, 1.82) is 0 Å². The average molecular weight is 481 g/mol. The van der Waals surface area contributed by atoms with E-state index in [4.69, 9.17) is 34.8 Å². The molecule has 31 heavy (non-hydrogen) atoms. The van der Waals surface area contributed by atoms with Gasteiger partial charge in [0.2, 0.25) is 5.88 Å². The molecule has 162 valence electrons. The molecule has 0 saturated carbocycles. The highest BCUT2D eigenvalue weighted by atomic mass is 35.5. The number of aromatic nitrogens is 2. The second-order valence-electron chi connectivity index (χ2n) is 7.13. The first-order valence-electron chi connectivity index (χ1n) is 9.52. The van der Waals surface area contributed by atoms with Crippen LogP contribution < -0.4 is 11.2 Å². The van der Waals surface area contributed by atoms with Crippen LogP contribution in [-0.4, -0.2) is 20.5 Å². The molecule has 0 fully saturated rings. The van der Waals surface area contributed by atoms with Gasteiger partial charge in [0.1, 0.15) is 5.56 Å². The quantitative estimate of drug-likeness (QED) is 0.387. The van der Waals surface area contributed by atoms with E-state index in [1.165, 1.54) is 22.9 Å². The smallest absolute Gasteiger partial charge is 0.334 e. The highest BCUT2D eigenvalue weighted by Crippen LogP contribution is 2.37. The summed E-state index contributed by atoms with van der Waals surface area (Å²) >= 11 is 18.1. The normalized spacial score (nSPS) is 11.5. The van der Waals surface area contributed by atoms with Crippen LogP contribution in [0.1, 0.15) is 31.0 Å². The molecule has 0 radical (unpaired) electrons. The Bertz CT molecular complexity index is 1250. The minimum Gasteiger partial charge on any atom is -0.494 e. The first kappa shape index (κ1) is 23.1. The van der Waals surface area contributed by atoms with Gasteiger partial charge in [-0.15, -0.1) is 0 Å². The van der Waals surface area contributed by atoms with Gasteiger partial charge in [0.15, 0.2) is 0 Å². The van der Waals surface area contributed by atoms with Crippen molar-refractivity contribution in [2.24, 2.45) is 4.99 Å². The van der Waals surface area contributed by atoms with Gasteiger partial charge >= 0.3 is 5.69 Å². The van der Waals surface area contributed by atoms with E-state index in [1.807, 2.05) is 30.3 Å². The van der Waals surface area contributed by atoms with Crippen LogP contribution in [0.15, 0.2) is 57.0 Å². The summed E-state index contributed by atoms with van der Waals surface area (Å²) in [7, 11) is 0. The number of halogens is 3. The van der Waals surface area contributed by atoms with E-state index in [1.54, 1.807) is 13.8 Å². The van der Waals surface area contributed by atoms with Crippen molar-refractivity contribution in [3.63, 3.8) is 0 Å². The first-order valence-corrected chi connectivity index (χ1v) is 10.7. The van der Waals surface area contributed by atoms with Gasteiger partial charge in [-0.05, 0) is 38.0 Å². The molecule has 0 aliphatic carbocycles. The maximum Gasteiger partial charge on any atom is 0.334 e. The molecule has 0 amide bonds. The van der Waals surface area contributed by atoms with Gasteiger partial charge in [-0.3, -0.25) is 18.9 Å². The Morgan fingerprint density at radius 2 is 1.71 bits per heavy atom. The van der Waals surface area contributed by atoms with E-state index in [0.29, 0.717) is 6.42 Å². The summed E-state index contributed by atoms with van der Waals surface area (Å²) in [4.78, 5) is 30.0. The van der Waals surface area contributed by atoms with Gasteiger partial charge in [-0.1, -0.05) is 65.1 Å². The molecule has 1 N–H and O–H groups in total. The molecule has 9 heteroatoms. The second kappa shape index (κ2) is 9.73. The van der Waals surface area contributed by atoms with E-state index in [-0.39, 0.29) is 32.9 Å². The summed E-state index contributed by atoms with van der Waals surface area (Å²) in [5.41, 5.74) is -0.0862. The lowest BCUT2D eigenvalue weighted by Crippen LogP contribution is -2.42. The minimum atomic E-state index is -0.645. The Labute approximate surface area is 194 Å². The molecule has 3 aromatic rings. The lowest BCUT2D eigenvalue weighted by molar-refractivity contribution is 0.381. The Morgan fingerprint density at radius 3 is 2.35 bits per heavy atom. The number of aromatic hydroxyl groups is 1. The van der Waals surface area contributed by atoms with Crippen LogP contribution in [0.5, 0.6) is 5.88 Å². The highest BCUT2D eigenvalue weighted by Gasteiger charge is 2.19. The van der Waals surface area contributed by atoms with Gasteiger partial charge < -0.3 is 5.11 Å². The molecule has 0 aliphatic heterocycles. The van der Waals surface area contributed by atoms with Crippen molar-refractivity contribution in [3.8, 4) is 5.88 Å². The monoisotopic (exact) mass is 479 g/mol. The number of hydrogen-bond acceptors (Lipinski definition) is 4. The predicted octanol–water partition coefficient (Wildman–Crippen LogP) is 5.25. The molecule has 0 saturated heterocycles. The number of nitrogens with zero attached hydrogens (tertiary/aromatic N) is 3. The molecular formula is C22H20Cl3N3O3. The zero-order valence-corrected chi connectivity index (χ0v) is 19.1. The third-order valence-electron chi connectivity index (χ3n) is 4.71. The maximum atomic E-state index is 12.9. The maximum absolute atomic E-state index is 12.9. The van der Waals surface area contributed by atoms with Gasteiger partial charge in [0, 0.05) is 18.8 Å². The van der Waals surface area contributed by atoms with Gasteiger partial charge in [-0.2, -0.15) is 0 Å².